The molecule has 0 spiro atoms. The molecular weight excluding hydrogens is 594 g/mol. The third-order valence-corrected chi connectivity index (χ3v) is 10.8. The normalized spacial score (nSPS) is 28.9. The number of nitrogens with two attached hydrogens (primary N) is 1. The maximum atomic E-state index is 14.2. The van der Waals surface area contributed by atoms with Crippen LogP contribution in [0.1, 0.15) is 49.7 Å². The van der Waals surface area contributed by atoms with Crippen LogP contribution in [0.3, 0.4) is 0 Å². The second-order valence-corrected chi connectivity index (χ2v) is 13.9. The molecule has 46 heavy (non-hydrogen) atoms. The highest BCUT2D eigenvalue weighted by Gasteiger charge is 2.64. The number of aliphatic hydroxyl groups excluding tert-OH is 2. The Balaban J connectivity index is 1.38. The number of hydrogen-bond donors (Lipinski definition) is 6. The molecule has 13 nitrogen and oxygen atoms in total. The molecule has 7 N–H and O–H groups in total. The number of fused-ring (bicyclic) bond motifs is 3. The van der Waals surface area contributed by atoms with Gasteiger partial charge in [0, 0.05) is 50.4 Å². The monoisotopic (exact) mass is 637 g/mol. The summed E-state index contributed by atoms with van der Waals surface area (Å²) in [5.41, 5.74) is 2.73. The van der Waals surface area contributed by atoms with E-state index in [4.69, 9.17) is 5.73 Å². The van der Waals surface area contributed by atoms with Gasteiger partial charge < -0.3 is 36.4 Å². The summed E-state index contributed by atoms with van der Waals surface area (Å²) >= 11 is 0. The average Bonchev–Trinajstić information content (AvgIpc) is 2.95. The molecule has 6 rings (SSSR count). The number of primary amides is 1. The van der Waals surface area contributed by atoms with Crippen molar-refractivity contribution in [2.75, 3.05) is 51.5 Å². The van der Waals surface area contributed by atoms with Crippen molar-refractivity contribution in [2.24, 2.45) is 23.5 Å². The Hall–Kier alpha value is -3.94. The number of ketones is 2. The molecule has 1 saturated heterocycles. The van der Waals surface area contributed by atoms with Crippen molar-refractivity contribution in [3.63, 3.8) is 0 Å². The van der Waals surface area contributed by atoms with Crippen LogP contribution in [-0.2, 0) is 25.6 Å². The zero-order chi connectivity index (χ0) is 33.4. The first kappa shape index (κ1) is 32.0. The average molecular weight is 638 g/mol. The van der Waals surface area contributed by atoms with E-state index in [0.717, 1.165) is 12.8 Å². The predicted octanol–water partition coefficient (Wildman–Crippen LogP) is 1.23. The lowest BCUT2D eigenvalue weighted by Gasteiger charge is -2.50. The molecule has 2 amide bonds. The van der Waals surface area contributed by atoms with Crippen molar-refractivity contribution in [1.29, 1.82) is 0 Å². The number of aliphatic hydroxyl groups is 3. The molecule has 1 aromatic rings. The number of anilines is 2. The van der Waals surface area contributed by atoms with Gasteiger partial charge in [-0.05, 0) is 57.3 Å². The number of nitrogens with one attached hydrogen (secondary N) is 1. The fraction of sp³-hybridized carbons (Fsp3) is 0.576. The van der Waals surface area contributed by atoms with Crippen LogP contribution < -0.4 is 16.0 Å². The molecule has 0 aromatic heterocycles. The van der Waals surface area contributed by atoms with Crippen LogP contribution in [0.2, 0.25) is 0 Å². The zero-order valence-electron chi connectivity index (χ0n) is 26.7. The number of likely N-dealkylation sites (tertiary alicyclic amines) is 1. The molecular formula is C33H43N5O8. The minimum atomic E-state index is -2.72. The number of nitrogens with zero attached hydrogens (tertiary/aromatic N) is 3. The molecule has 0 radical (unpaired) electrons. The first-order valence-electron chi connectivity index (χ1n) is 15.9. The molecule has 0 bridgehead atoms. The van der Waals surface area contributed by atoms with Crippen molar-refractivity contribution < 1.29 is 39.6 Å². The van der Waals surface area contributed by atoms with Crippen LogP contribution in [0, 0.1) is 17.8 Å². The number of phenols is 1. The molecule has 1 aliphatic heterocycles. The summed E-state index contributed by atoms with van der Waals surface area (Å²) in [7, 11) is 6.68. The fourth-order valence-corrected chi connectivity index (χ4v) is 8.44. The third-order valence-electron chi connectivity index (χ3n) is 10.8. The molecule has 1 aromatic carbocycles. The number of aromatic hydroxyl groups is 1. The maximum absolute atomic E-state index is 14.2. The highest BCUT2D eigenvalue weighted by molar-refractivity contribution is 6.24. The minimum absolute atomic E-state index is 0.00292. The molecule has 13 heteroatoms. The summed E-state index contributed by atoms with van der Waals surface area (Å²) in [6.07, 6.45) is 6.08. The molecule has 4 aliphatic carbocycles. The zero-order valence-corrected chi connectivity index (χ0v) is 26.7. The van der Waals surface area contributed by atoms with Gasteiger partial charge in [-0.3, -0.25) is 29.0 Å². The lowest BCUT2D eigenvalue weighted by Crippen LogP contribution is -2.65. The van der Waals surface area contributed by atoms with Crippen LogP contribution in [-0.4, -0.2) is 113 Å². The minimum Gasteiger partial charge on any atom is -0.508 e. The number of likely N-dealkylation sites (N-methyl/N-ethyl adjacent to an activating group) is 1. The first-order valence-corrected chi connectivity index (χ1v) is 15.9. The molecule has 248 valence electrons. The number of Topliss-reactive ketones (excluding diaryl/α,β-unsaturated/α-hetero) is 2. The molecule has 0 unspecified atom stereocenters. The van der Waals surface area contributed by atoms with Gasteiger partial charge in [0.05, 0.1) is 23.2 Å². The summed E-state index contributed by atoms with van der Waals surface area (Å²) in [6.45, 7) is 1.27. The number of carbonyl (C=O) groups excluding carboxylic acids is 4. The van der Waals surface area contributed by atoms with E-state index in [1.165, 1.54) is 24.2 Å². The number of benzene rings is 1. The van der Waals surface area contributed by atoms with E-state index in [9.17, 15) is 39.6 Å². The maximum Gasteiger partial charge on any atom is 0.255 e. The quantitative estimate of drug-likeness (QED) is 0.194. The van der Waals surface area contributed by atoms with Gasteiger partial charge in [-0.25, -0.2) is 0 Å². The van der Waals surface area contributed by atoms with Gasteiger partial charge in [0.25, 0.3) is 5.91 Å². The van der Waals surface area contributed by atoms with Crippen molar-refractivity contribution >= 4 is 40.5 Å². The summed E-state index contributed by atoms with van der Waals surface area (Å²) in [5.74, 6) is -7.68. The van der Waals surface area contributed by atoms with E-state index in [-0.39, 0.29) is 41.5 Å². The van der Waals surface area contributed by atoms with Crippen LogP contribution in [0.5, 0.6) is 5.75 Å². The number of carbonyl (C=O) groups is 4. The standard InChI is InChI=1S/C33H43N5O8/c1-36(2)21-12-20(35-32(45)16-13-38(14-16)17-8-6-5-7-9-17)26(39)23-18(21)10-15-11-19-25(37(3)4)28(41)24(31(34)44)30(43)33(19,46)29(42)22(15)27(23)40/h12,15-17,19,25,39-40,43,46H,5-11,13-14H2,1-4H3,(H2,34,44)(H,35,45)/t15-,19-,25-,33-/m0/s1. The van der Waals surface area contributed by atoms with E-state index in [1.54, 1.807) is 39.2 Å². The number of hydrogen-bond acceptors (Lipinski definition) is 11. The van der Waals surface area contributed by atoms with Gasteiger partial charge in [-0.1, -0.05) is 19.3 Å². The molecule has 2 saturated carbocycles. The first-order chi connectivity index (χ1) is 21.7. The lowest BCUT2D eigenvalue weighted by atomic mass is 9.57. The third kappa shape index (κ3) is 4.70. The van der Waals surface area contributed by atoms with Crippen molar-refractivity contribution in [2.45, 2.75) is 62.6 Å². The van der Waals surface area contributed by atoms with Gasteiger partial charge in [-0.2, -0.15) is 0 Å². The Bertz CT molecular complexity index is 1590. The van der Waals surface area contributed by atoms with E-state index in [1.807, 2.05) is 0 Å². The summed E-state index contributed by atoms with van der Waals surface area (Å²) in [4.78, 5) is 58.6. The van der Waals surface area contributed by atoms with Gasteiger partial charge in [-0.15, -0.1) is 0 Å². The Labute approximate surface area is 267 Å². The van der Waals surface area contributed by atoms with Crippen LogP contribution in [0.25, 0.3) is 5.76 Å². The SMILES string of the molecule is CN(C)c1cc(NC(=O)C2CN(C3CCCCC3)C2)c(O)c2c1C[C@H]1C[C@H]3[C@H](N(C)C)C(=O)C(C(N)=O)=C(O)[C@@]3(O)C(=O)C1=C2O. The topological polar surface area (TPSA) is 197 Å². The number of amides is 2. The smallest absolute Gasteiger partial charge is 0.255 e. The van der Waals surface area contributed by atoms with E-state index in [2.05, 4.69) is 10.2 Å². The van der Waals surface area contributed by atoms with Crippen LogP contribution >= 0.6 is 0 Å². The van der Waals surface area contributed by atoms with Crippen molar-refractivity contribution in [3.05, 3.63) is 34.1 Å². The van der Waals surface area contributed by atoms with Gasteiger partial charge in [0.1, 0.15) is 22.8 Å². The van der Waals surface area contributed by atoms with Crippen molar-refractivity contribution in [3.8, 4) is 5.75 Å². The number of phenolic OH excluding ortho intramolecular Hbond substituents is 1. The summed E-state index contributed by atoms with van der Waals surface area (Å²) in [6, 6.07) is 0.985. The Morgan fingerprint density at radius 1 is 1.04 bits per heavy atom. The van der Waals surface area contributed by atoms with E-state index in [0.29, 0.717) is 30.4 Å². The molecule has 5 aliphatic rings. The van der Waals surface area contributed by atoms with Crippen molar-refractivity contribution in [1.82, 2.24) is 9.80 Å². The lowest BCUT2D eigenvalue weighted by molar-refractivity contribution is -0.153. The second kappa shape index (κ2) is 11.4. The van der Waals surface area contributed by atoms with Gasteiger partial charge in [0.15, 0.2) is 11.4 Å². The van der Waals surface area contributed by atoms with Crippen LogP contribution in [0.4, 0.5) is 11.4 Å². The fourth-order valence-electron chi connectivity index (χ4n) is 8.44. The summed E-state index contributed by atoms with van der Waals surface area (Å²) < 4.78 is 0. The highest BCUT2D eigenvalue weighted by atomic mass is 16.3. The Morgan fingerprint density at radius 3 is 2.28 bits per heavy atom. The van der Waals surface area contributed by atoms with Crippen LogP contribution in [0.15, 0.2) is 23.0 Å². The largest absolute Gasteiger partial charge is 0.508 e. The number of rotatable bonds is 6. The van der Waals surface area contributed by atoms with E-state index < -0.39 is 63.8 Å². The highest BCUT2D eigenvalue weighted by Crippen LogP contribution is 2.54. The Kier molecular flexibility index (Phi) is 7.93. The second-order valence-electron chi connectivity index (χ2n) is 13.9. The summed E-state index contributed by atoms with van der Waals surface area (Å²) in [5, 5.41) is 48.9. The predicted molar refractivity (Wildman–Crippen MR) is 169 cm³/mol. The van der Waals surface area contributed by atoms with Gasteiger partial charge >= 0.3 is 0 Å². The Morgan fingerprint density at radius 2 is 1.70 bits per heavy atom. The molecule has 4 atom stereocenters. The van der Waals surface area contributed by atoms with E-state index >= 15 is 0 Å². The molecule has 1 heterocycles. The molecule has 3 fully saturated rings. The van der Waals surface area contributed by atoms with Gasteiger partial charge in [0.2, 0.25) is 11.7 Å².